The lowest BCUT2D eigenvalue weighted by molar-refractivity contribution is 0.281. The molecule has 0 aliphatic rings. The Balaban J connectivity index is 2.76. The topological polar surface area (TPSA) is 29.5 Å². The van der Waals surface area contributed by atoms with Crippen LogP contribution < -0.4 is 4.74 Å². The molecule has 0 aliphatic heterocycles. The number of benzene rings is 1. The number of methoxy groups -OCH3 is 1. The first-order chi connectivity index (χ1) is 6.76. The first-order valence-corrected chi connectivity index (χ1v) is 4.98. The van der Waals surface area contributed by atoms with Crippen molar-refractivity contribution >= 4 is 21.4 Å². The summed E-state index contributed by atoms with van der Waals surface area (Å²) < 4.78 is 19.1. The Morgan fingerprint density at radius 3 is 2.93 bits per heavy atom. The van der Waals surface area contributed by atoms with Gasteiger partial charge in [-0.05, 0) is 17.7 Å². The molecule has 0 unspecified atom stereocenters. The van der Waals surface area contributed by atoms with Crippen molar-refractivity contribution in [2.75, 3.05) is 7.11 Å². The van der Waals surface area contributed by atoms with E-state index in [2.05, 4.69) is 0 Å². The van der Waals surface area contributed by atoms with Gasteiger partial charge < -0.3 is 9.84 Å². The molecule has 0 bridgehead atoms. The maximum atomic E-state index is 13.3. The van der Waals surface area contributed by atoms with Gasteiger partial charge in [-0.15, -0.1) is 11.3 Å². The van der Waals surface area contributed by atoms with E-state index < -0.39 is 0 Å². The van der Waals surface area contributed by atoms with Crippen molar-refractivity contribution in [2.45, 2.75) is 6.61 Å². The number of hydrogen-bond donors (Lipinski definition) is 1. The molecule has 0 fully saturated rings. The molecule has 14 heavy (non-hydrogen) atoms. The molecule has 0 aliphatic carbocycles. The molecular formula is C10H9FO2S. The van der Waals surface area contributed by atoms with Crippen LogP contribution in [0.25, 0.3) is 10.1 Å². The predicted octanol–water partition coefficient (Wildman–Crippen LogP) is 2.54. The van der Waals surface area contributed by atoms with Gasteiger partial charge in [0.25, 0.3) is 0 Å². The van der Waals surface area contributed by atoms with E-state index in [1.165, 1.54) is 23.8 Å². The van der Waals surface area contributed by atoms with E-state index in [0.717, 1.165) is 4.70 Å². The van der Waals surface area contributed by atoms with Crippen molar-refractivity contribution in [1.29, 1.82) is 0 Å². The Morgan fingerprint density at radius 2 is 2.29 bits per heavy atom. The number of ether oxygens (including phenoxy) is 1. The Hall–Kier alpha value is -1.13. The maximum absolute atomic E-state index is 13.3. The number of hydrogen-bond acceptors (Lipinski definition) is 3. The summed E-state index contributed by atoms with van der Waals surface area (Å²) in [5.41, 5.74) is 0.659. The highest BCUT2D eigenvalue weighted by molar-refractivity contribution is 7.17. The summed E-state index contributed by atoms with van der Waals surface area (Å²) in [5, 5.41) is 10.9. The van der Waals surface area contributed by atoms with Crippen molar-refractivity contribution in [3.63, 3.8) is 0 Å². The third-order valence-corrected chi connectivity index (χ3v) is 3.04. The highest BCUT2D eigenvalue weighted by Crippen LogP contribution is 2.34. The van der Waals surface area contributed by atoms with E-state index in [0.29, 0.717) is 16.7 Å². The Kier molecular flexibility index (Phi) is 2.39. The van der Waals surface area contributed by atoms with Crippen molar-refractivity contribution in [3.8, 4) is 5.75 Å². The van der Waals surface area contributed by atoms with Gasteiger partial charge in [-0.3, -0.25) is 0 Å². The van der Waals surface area contributed by atoms with E-state index in [1.807, 2.05) is 0 Å². The van der Waals surface area contributed by atoms with Crippen LogP contribution in [-0.2, 0) is 6.61 Å². The lowest BCUT2D eigenvalue weighted by atomic mass is 10.1. The lowest BCUT2D eigenvalue weighted by Gasteiger charge is -2.03. The van der Waals surface area contributed by atoms with Gasteiger partial charge in [-0.2, -0.15) is 0 Å². The fraction of sp³-hybridized carbons (Fsp3) is 0.200. The number of rotatable bonds is 2. The molecule has 1 aromatic carbocycles. The molecule has 0 atom stereocenters. The minimum atomic E-state index is -0.265. The van der Waals surface area contributed by atoms with Gasteiger partial charge in [-0.25, -0.2) is 4.39 Å². The maximum Gasteiger partial charge on any atom is 0.141 e. The van der Waals surface area contributed by atoms with E-state index >= 15 is 0 Å². The summed E-state index contributed by atoms with van der Waals surface area (Å²) in [5.74, 6) is 0.346. The number of aliphatic hydroxyl groups is 1. The van der Waals surface area contributed by atoms with E-state index in [-0.39, 0.29) is 12.4 Å². The largest absolute Gasteiger partial charge is 0.495 e. The molecule has 0 amide bonds. The molecule has 0 radical (unpaired) electrons. The first kappa shape index (κ1) is 9.43. The van der Waals surface area contributed by atoms with Crippen molar-refractivity contribution in [3.05, 3.63) is 28.9 Å². The number of aliphatic hydroxyl groups excluding tert-OH is 1. The standard InChI is InChI=1S/C10H9FO2S/c1-13-9-3-6(4-12)2-7-8(11)5-14-10(7)9/h2-3,5,12H,4H2,1H3. The molecule has 74 valence electrons. The molecule has 1 heterocycles. The molecular weight excluding hydrogens is 203 g/mol. The fourth-order valence-corrected chi connectivity index (χ4v) is 2.27. The smallest absolute Gasteiger partial charge is 0.141 e. The highest BCUT2D eigenvalue weighted by atomic mass is 32.1. The van der Waals surface area contributed by atoms with Crippen LogP contribution in [0.2, 0.25) is 0 Å². The van der Waals surface area contributed by atoms with Gasteiger partial charge in [0.15, 0.2) is 0 Å². The molecule has 0 saturated heterocycles. The van der Waals surface area contributed by atoms with Crippen molar-refractivity contribution in [2.24, 2.45) is 0 Å². The third kappa shape index (κ3) is 1.36. The van der Waals surface area contributed by atoms with E-state index in [1.54, 1.807) is 12.1 Å². The van der Waals surface area contributed by atoms with E-state index in [4.69, 9.17) is 9.84 Å². The quantitative estimate of drug-likeness (QED) is 0.829. The van der Waals surface area contributed by atoms with Gasteiger partial charge >= 0.3 is 0 Å². The van der Waals surface area contributed by atoms with Crippen LogP contribution in [0.3, 0.4) is 0 Å². The van der Waals surface area contributed by atoms with Crippen LogP contribution in [0.4, 0.5) is 4.39 Å². The number of fused-ring (bicyclic) bond motifs is 1. The van der Waals surface area contributed by atoms with Gasteiger partial charge in [0.05, 0.1) is 18.4 Å². The number of thiophene rings is 1. The fourth-order valence-electron chi connectivity index (χ4n) is 1.38. The van der Waals surface area contributed by atoms with Crippen molar-refractivity contribution in [1.82, 2.24) is 0 Å². The second-order valence-corrected chi connectivity index (χ2v) is 3.80. The number of halogens is 1. The highest BCUT2D eigenvalue weighted by Gasteiger charge is 2.09. The van der Waals surface area contributed by atoms with Gasteiger partial charge in [-0.1, -0.05) is 0 Å². The zero-order chi connectivity index (χ0) is 10.1. The monoisotopic (exact) mass is 212 g/mol. The molecule has 2 nitrogen and oxygen atoms in total. The minimum Gasteiger partial charge on any atom is -0.495 e. The summed E-state index contributed by atoms with van der Waals surface area (Å²) >= 11 is 1.30. The lowest BCUT2D eigenvalue weighted by Crippen LogP contribution is -1.88. The summed E-state index contributed by atoms with van der Waals surface area (Å²) in [6, 6.07) is 3.36. The normalized spacial score (nSPS) is 10.8. The third-order valence-electron chi connectivity index (χ3n) is 2.05. The Morgan fingerprint density at radius 1 is 1.50 bits per heavy atom. The summed E-state index contributed by atoms with van der Waals surface area (Å²) in [6.07, 6.45) is 0. The molecule has 1 N–H and O–H groups in total. The van der Waals surface area contributed by atoms with Crippen LogP contribution in [0.5, 0.6) is 5.75 Å². The van der Waals surface area contributed by atoms with Gasteiger partial charge in [0.2, 0.25) is 0 Å². The SMILES string of the molecule is COc1cc(CO)cc2c(F)csc12. The average molecular weight is 212 g/mol. The molecule has 2 rings (SSSR count). The Bertz CT molecular complexity index is 464. The van der Waals surface area contributed by atoms with Crippen LogP contribution in [-0.4, -0.2) is 12.2 Å². The van der Waals surface area contributed by atoms with Gasteiger partial charge in [0, 0.05) is 10.8 Å². The molecule has 2 aromatic rings. The van der Waals surface area contributed by atoms with Gasteiger partial charge in [0.1, 0.15) is 11.6 Å². The first-order valence-electron chi connectivity index (χ1n) is 4.10. The van der Waals surface area contributed by atoms with Crippen LogP contribution in [0.1, 0.15) is 5.56 Å². The van der Waals surface area contributed by atoms with Crippen LogP contribution in [0, 0.1) is 5.82 Å². The zero-order valence-corrected chi connectivity index (χ0v) is 8.40. The van der Waals surface area contributed by atoms with Crippen LogP contribution >= 0.6 is 11.3 Å². The van der Waals surface area contributed by atoms with E-state index in [9.17, 15) is 4.39 Å². The molecule has 0 spiro atoms. The second kappa shape index (κ2) is 3.55. The second-order valence-electron chi connectivity index (χ2n) is 2.92. The average Bonchev–Trinajstić information content (AvgIpc) is 2.59. The molecule has 0 saturated carbocycles. The summed E-state index contributed by atoms with van der Waals surface area (Å²) in [4.78, 5) is 0. The Labute approximate surface area is 84.6 Å². The predicted molar refractivity (Wildman–Crippen MR) is 54.3 cm³/mol. The zero-order valence-electron chi connectivity index (χ0n) is 7.58. The summed E-state index contributed by atoms with van der Waals surface area (Å²) in [7, 11) is 1.54. The van der Waals surface area contributed by atoms with Crippen LogP contribution in [0.15, 0.2) is 17.5 Å². The minimum absolute atomic E-state index is 0.110. The summed E-state index contributed by atoms with van der Waals surface area (Å²) in [6.45, 7) is -0.110. The molecule has 1 aromatic heterocycles. The molecule has 4 heteroatoms. The van der Waals surface area contributed by atoms with Crippen molar-refractivity contribution < 1.29 is 14.2 Å².